The van der Waals surface area contributed by atoms with E-state index in [2.05, 4.69) is 15.0 Å². The number of nitrogens with zero attached hydrogens (tertiary/aromatic N) is 1. The molecule has 0 aliphatic heterocycles. The molecule has 1 aromatic rings. The van der Waals surface area contributed by atoms with Crippen molar-refractivity contribution in [3.05, 3.63) is 16.1 Å². The molecule has 0 aromatic carbocycles. The van der Waals surface area contributed by atoms with Gasteiger partial charge in [0.25, 0.3) is 5.91 Å². The van der Waals surface area contributed by atoms with Gasteiger partial charge in [0.2, 0.25) is 0 Å². The van der Waals surface area contributed by atoms with Crippen molar-refractivity contribution in [1.29, 1.82) is 0 Å². The summed E-state index contributed by atoms with van der Waals surface area (Å²) in [4.78, 5) is 27.0. The molecule has 1 aromatic heterocycles. The van der Waals surface area contributed by atoms with Gasteiger partial charge in [-0.15, -0.1) is 11.3 Å². The third-order valence-electron chi connectivity index (χ3n) is 1.82. The Bertz CT molecular complexity index is 391. The van der Waals surface area contributed by atoms with Gasteiger partial charge >= 0.3 is 5.97 Å². The monoisotopic (exact) mass is 244 g/mol. The van der Waals surface area contributed by atoms with E-state index < -0.39 is 24.5 Å². The molecule has 88 valence electrons. The molecule has 0 fully saturated rings. The van der Waals surface area contributed by atoms with Crippen molar-refractivity contribution >= 4 is 23.2 Å². The molecule has 1 rings (SSSR count). The van der Waals surface area contributed by atoms with Crippen molar-refractivity contribution in [3.63, 3.8) is 0 Å². The molecule has 1 unspecified atom stereocenters. The van der Waals surface area contributed by atoms with Gasteiger partial charge in [0, 0.05) is 0 Å². The Kier molecular flexibility index (Phi) is 4.39. The van der Waals surface area contributed by atoms with Crippen LogP contribution in [0.1, 0.15) is 14.7 Å². The molecule has 0 spiro atoms. The first-order valence-electron chi connectivity index (χ1n) is 4.50. The number of rotatable bonds is 4. The van der Waals surface area contributed by atoms with E-state index in [-0.39, 0.29) is 0 Å². The van der Waals surface area contributed by atoms with Gasteiger partial charge in [0.1, 0.15) is 4.88 Å². The summed E-state index contributed by atoms with van der Waals surface area (Å²) in [5, 5.41) is 12.0. The number of nitrogens with one attached hydrogen (secondary N) is 1. The van der Waals surface area contributed by atoms with Gasteiger partial charge < -0.3 is 15.2 Å². The molecule has 0 aliphatic rings. The lowest BCUT2D eigenvalue weighted by atomic mass is 10.3. The molecule has 1 atom stereocenters. The highest BCUT2D eigenvalue weighted by molar-refractivity contribution is 7.13. The topological polar surface area (TPSA) is 88.5 Å². The molecule has 1 heterocycles. The third-order valence-corrected chi connectivity index (χ3v) is 2.73. The maximum Gasteiger partial charge on any atom is 0.330 e. The van der Waals surface area contributed by atoms with Crippen molar-refractivity contribution in [2.45, 2.75) is 13.0 Å². The predicted octanol–water partition coefficient (Wildman–Crippen LogP) is -0.285. The zero-order chi connectivity index (χ0) is 12.1. The summed E-state index contributed by atoms with van der Waals surface area (Å²) in [6.07, 6.45) is 1.42. The van der Waals surface area contributed by atoms with Gasteiger partial charge in [-0.2, -0.15) is 0 Å². The number of aryl methyl sites for hydroxylation is 1. The van der Waals surface area contributed by atoms with Crippen molar-refractivity contribution in [1.82, 2.24) is 10.3 Å². The normalized spacial score (nSPS) is 11.9. The lowest BCUT2D eigenvalue weighted by Gasteiger charge is -2.12. The number of methoxy groups -OCH3 is 1. The van der Waals surface area contributed by atoms with Gasteiger partial charge in [0.15, 0.2) is 6.04 Å². The summed E-state index contributed by atoms with van der Waals surface area (Å²) in [7, 11) is 1.19. The van der Waals surface area contributed by atoms with E-state index in [0.29, 0.717) is 4.88 Å². The second kappa shape index (κ2) is 5.57. The third kappa shape index (κ3) is 3.01. The van der Waals surface area contributed by atoms with Gasteiger partial charge in [-0.3, -0.25) is 4.79 Å². The van der Waals surface area contributed by atoms with Crippen LogP contribution in [0.3, 0.4) is 0 Å². The van der Waals surface area contributed by atoms with Crippen LogP contribution in [-0.2, 0) is 9.53 Å². The van der Waals surface area contributed by atoms with Crippen molar-refractivity contribution in [2.75, 3.05) is 13.7 Å². The number of hydrogen-bond acceptors (Lipinski definition) is 6. The SMILES string of the molecule is COC(=O)C(CO)NC(=O)c1cnc(C)s1. The number of thiazole rings is 1. The van der Waals surface area contributed by atoms with Crippen LogP contribution in [0, 0.1) is 6.92 Å². The van der Waals surface area contributed by atoms with Crippen LogP contribution in [0.15, 0.2) is 6.20 Å². The van der Waals surface area contributed by atoms with Crippen LogP contribution in [-0.4, -0.2) is 41.7 Å². The van der Waals surface area contributed by atoms with Gasteiger partial charge in [-0.25, -0.2) is 9.78 Å². The molecule has 0 radical (unpaired) electrons. The zero-order valence-corrected chi connectivity index (χ0v) is 9.71. The van der Waals surface area contributed by atoms with E-state index in [1.165, 1.54) is 24.6 Å². The largest absolute Gasteiger partial charge is 0.467 e. The fourth-order valence-corrected chi connectivity index (χ4v) is 1.70. The van der Waals surface area contributed by atoms with E-state index in [4.69, 9.17) is 5.11 Å². The highest BCUT2D eigenvalue weighted by Crippen LogP contribution is 2.11. The van der Waals surface area contributed by atoms with E-state index >= 15 is 0 Å². The molecular weight excluding hydrogens is 232 g/mol. The van der Waals surface area contributed by atoms with Crippen molar-refractivity contribution in [2.24, 2.45) is 0 Å². The van der Waals surface area contributed by atoms with Crippen molar-refractivity contribution in [3.8, 4) is 0 Å². The lowest BCUT2D eigenvalue weighted by molar-refractivity contribution is -0.143. The second-order valence-electron chi connectivity index (χ2n) is 2.98. The highest BCUT2D eigenvalue weighted by Gasteiger charge is 2.21. The number of aliphatic hydroxyl groups is 1. The van der Waals surface area contributed by atoms with Gasteiger partial charge in [-0.1, -0.05) is 0 Å². The maximum atomic E-state index is 11.6. The Morgan fingerprint density at radius 2 is 2.38 bits per heavy atom. The average Bonchev–Trinajstić information content (AvgIpc) is 2.71. The van der Waals surface area contributed by atoms with E-state index in [0.717, 1.165) is 5.01 Å². The molecular formula is C9H12N2O4S. The van der Waals surface area contributed by atoms with Crippen LogP contribution < -0.4 is 5.32 Å². The minimum atomic E-state index is -1.04. The minimum absolute atomic E-state index is 0.389. The molecule has 2 N–H and O–H groups in total. The van der Waals surface area contributed by atoms with Crippen LogP contribution in [0.25, 0.3) is 0 Å². The van der Waals surface area contributed by atoms with Crippen molar-refractivity contribution < 1.29 is 19.4 Å². The van der Waals surface area contributed by atoms with Crippen LogP contribution >= 0.6 is 11.3 Å². The van der Waals surface area contributed by atoms with E-state index in [1.54, 1.807) is 6.92 Å². The number of aliphatic hydroxyl groups excluding tert-OH is 1. The molecule has 6 nitrogen and oxygen atoms in total. The first-order chi connectivity index (χ1) is 7.58. The Morgan fingerprint density at radius 1 is 1.69 bits per heavy atom. The Morgan fingerprint density at radius 3 is 2.81 bits per heavy atom. The zero-order valence-electron chi connectivity index (χ0n) is 8.89. The van der Waals surface area contributed by atoms with Gasteiger partial charge in [-0.05, 0) is 6.92 Å². The van der Waals surface area contributed by atoms with Gasteiger partial charge in [0.05, 0.1) is 24.9 Å². The summed E-state index contributed by atoms with van der Waals surface area (Å²) in [6.45, 7) is 1.27. The summed E-state index contributed by atoms with van der Waals surface area (Å²) >= 11 is 1.21. The van der Waals surface area contributed by atoms with Crippen LogP contribution in [0.2, 0.25) is 0 Å². The maximum absolute atomic E-state index is 11.6. The summed E-state index contributed by atoms with van der Waals surface area (Å²) in [6, 6.07) is -1.04. The Hall–Kier alpha value is -1.47. The smallest absolute Gasteiger partial charge is 0.330 e. The fraction of sp³-hybridized carbons (Fsp3) is 0.444. The molecule has 1 amide bonds. The number of carbonyl (C=O) groups is 2. The summed E-state index contributed by atoms with van der Waals surface area (Å²) in [5.41, 5.74) is 0. The number of ether oxygens (including phenoxy) is 1. The fourth-order valence-electron chi connectivity index (χ4n) is 1.02. The highest BCUT2D eigenvalue weighted by atomic mass is 32.1. The molecule has 0 bridgehead atoms. The average molecular weight is 244 g/mol. The quantitative estimate of drug-likeness (QED) is 0.711. The van der Waals surface area contributed by atoms with E-state index in [1.807, 2.05) is 0 Å². The molecule has 7 heteroatoms. The molecule has 0 aliphatic carbocycles. The Labute approximate surface area is 96.3 Å². The number of aromatic nitrogens is 1. The first kappa shape index (κ1) is 12.6. The first-order valence-corrected chi connectivity index (χ1v) is 5.32. The number of carbonyl (C=O) groups excluding carboxylic acids is 2. The van der Waals surface area contributed by atoms with E-state index in [9.17, 15) is 9.59 Å². The number of amides is 1. The predicted molar refractivity (Wildman–Crippen MR) is 57.2 cm³/mol. The van der Waals surface area contributed by atoms with Crippen LogP contribution in [0.4, 0.5) is 0 Å². The summed E-state index contributed by atoms with van der Waals surface area (Å²) < 4.78 is 4.42. The minimum Gasteiger partial charge on any atom is -0.467 e. The standard InChI is InChI=1S/C9H12N2O4S/c1-5-10-3-7(16-5)8(13)11-6(4-12)9(14)15-2/h3,6,12H,4H2,1-2H3,(H,11,13). The second-order valence-corrected chi connectivity index (χ2v) is 4.21. The molecule has 0 saturated carbocycles. The molecule has 0 saturated heterocycles. The number of hydrogen-bond donors (Lipinski definition) is 2. The Balaban J connectivity index is 2.66. The lowest BCUT2D eigenvalue weighted by Crippen LogP contribution is -2.43. The molecule has 16 heavy (non-hydrogen) atoms. The van der Waals surface area contributed by atoms with Crippen LogP contribution in [0.5, 0.6) is 0 Å². The number of esters is 1. The summed E-state index contributed by atoms with van der Waals surface area (Å²) in [5.74, 6) is -1.13.